The van der Waals surface area contributed by atoms with Crippen molar-refractivity contribution in [2.75, 3.05) is 0 Å². The summed E-state index contributed by atoms with van der Waals surface area (Å²) in [6.45, 7) is 0. The molecule has 4 nitrogen and oxygen atoms in total. The van der Waals surface area contributed by atoms with Gasteiger partial charge in [0.15, 0.2) is 0 Å². The van der Waals surface area contributed by atoms with E-state index in [1.165, 1.54) is 0 Å². The fourth-order valence-electron chi connectivity index (χ4n) is 2.61. The van der Waals surface area contributed by atoms with E-state index in [0.717, 1.165) is 34.9 Å². The van der Waals surface area contributed by atoms with Crippen molar-refractivity contribution in [1.82, 2.24) is 9.55 Å². The highest BCUT2D eigenvalue weighted by atomic mass is 32.1. The van der Waals surface area contributed by atoms with Crippen molar-refractivity contribution in [3.8, 4) is 10.7 Å². The molecule has 0 radical (unpaired) electrons. The van der Waals surface area contributed by atoms with Crippen LogP contribution in [0, 0.1) is 0 Å². The number of aliphatic carboxylic acids is 1. The molecule has 0 aromatic carbocycles. The lowest BCUT2D eigenvalue weighted by Crippen LogP contribution is -2.18. The van der Waals surface area contributed by atoms with E-state index in [9.17, 15) is 9.90 Å². The maximum Gasteiger partial charge on any atom is 0.312 e. The molecule has 1 unspecified atom stereocenters. The molecule has 1 atom stereocenters. The smallest absolute Gasteiger partial charge is 0.312 e. The normalized spacial score (nSPS) is 18.6. The zero-order chi connectivity index (χ0) is 12.7. The first-order valence-electron chi connectivity index (χ1n) is 6.00. The number of fused-ring (bicyclic) bond motifs is 1. The fraction of sp³-hybridized carbons (Fsp3) is 0.385. The molecule has 2 aromatic rings. The van der Waals surface area contributed by atoms with E-state index in [-0.39, 0.29) is 0 Å². The first-order chi connectivity index (χ1) is 8.68. The number of carbonyl (C=O) groups is 1. The standard InChI is InChI=1S/C13H14N2O2S/c1-15-9-5-2-4-8(13(16)17)11(9)14-12(15)10-6-3-7-18-10/h3,6-8H,2,4-5H2,1H3,(H,16,17). The lowest BCUT2D eigenvalue weighted by Gasteiger charge is -2.18. The second kappa shape index (κ2) is 4.24. The van der Waals surface area contributed by atoms with Crippen molar-refractivity contribution >= 4 is 17.3 Å². The molecule has 0 spiro atoms. The molecule has 0 bridgehead atoms. The SMILES string of the molecule is Cn1c(-c2cccs2)nc2c1CCCC2C(=O)O. The summed E-state index contributed by atoms with van der Waals surface area (Å²) in [5.74, 6) is -0.302. The molecule has 0 aliphatic heterocycles. The average molecular weight is 262 g/mol. The Morgan fingerprint density at radius 3 is 3.11 bits per heavy atom. The van der Waals surface area contributed by atoms with Gasteiger partial charge in [-0.15, -0.1) is 11.3 Å². The largest absolute Gasteiger partial charge is 0.481 e. The van der Waals surface area contributed by atoms with Crippen molar-refractivity contribution in [1.29, 1.82) is 0 Å². The van der Waals surface area contributed by atoms with Crippen molar-refractivity contribution in [3.05, 3.63) is 28.9 Å². The Labute approximate surface area is 109 Å². The van der Waals surface area contributed by atoms with E-state index < -0.39 is 11.9 Å². The van der Waals surface area contributed by atoms with Crippen LogP contribution < -0.4 is 0 Å². The van der Waals surface area contributed by atoms with Crippen LogP contribution in [-0.2, 0) is 18.3 Å². The van der Waals surface area contributed by atoms with Gasteiger partial charge in [0.25, 0.3) is 0 Å². The molecule has 0 amide bonds. The first-order valence-corrected chi connectivity index (χ1v) is 6.88. The first kappa shape index (κ1) is 11.5. The van der Waals surface area contributed by atoms with Gasteiger partial charge >= 0.3 is 5.97 Å². The highest BCUT2D eigenvalue weighted by Gasteiger charge is 2.31. The highest BCUT2D eigenvalue weighted by Crippen LogP contribution is 2.35. The summed E-state index contributed by atoms with van der Waals surface area (Å²) >= 11 is 1.63. The monoisotopic (exact) mass is 262 g/mol. The van der Waals surface area contributed by atoms with E-state index in [4.69, 9.17) is 0 Å². The molecule has 5 heteroatoms. The maximum absolute atomic E-state index is 11.3. The molecule has 0 saturated carbocycles. The zero-order valence-corrected chi connectivity index (χ0v) is 10.9. The maximum atomic E-state index is 11.3. The van der Waals surface area contributed by atoms with Gasteiger partial charge in [0.2, 0.25) is 0 Å². The summed E-state index contributed by atoms with van der Waals surface area (Å²) in [4.78, 5) is 17.0. The summed E-state index contributed by atoms with van der Waals surface area (Å²) in [6.07, 6.45) is 2.55. The minimum atomic E-state index is -0.758. The molecule has 0 fully saturated rings. The Bertz CT molecular complexity index is 586. The number of carboxylic acid groups (broad SMARTS) is 1. The summed E-state index contributed by atoms with van der Waals surface area (Å²) in [5.41, 5.74) is 1.84. The predicted octanol–water partition coefficient (Wildman–Crippen LogP) is 2.65. The molecular formula is C13H14N2O2S. The van der Waals surface area contributed by atoms with Crippen LogP contribution in [-0.4, -0.2) is 20.6 Å². The third-order valence-corrected chi connectivity index (χ3v) is 4.39. The number of rotatable bonds is 2. The second-order valence-corrected chi connectivity index (χ2v) is 5.53. The number of aromatic nitrogens is 2. The lowest BCUT2D eigenvalue weighted by atomic mass is 9.90. The highest BCUT2D eigenvalue weighted by molar-refractivity contribution is 7.13. The minimum absolute atomic E-state index is 0.436. The second-order valence-electron chi connectivity index (χ2n) is 4.59. The Morgan fingerprint density at radius 1 is 1.61 bits per heavy atom. The van der Waals surface area contributed by atoms with E-state index in [0.29, 0.717) is 6.42 Å². The number of hydrogen-bond donors (Lipinski definition) is 1. The van der Waals surface area contributed by atoms with Gasteiger partial charge in [0, 0.05) is 12.7 Å². The summed E-state index contributed by atoms with van der Waals surface area (Å²) in [6, 6.07) is 4.01. The van der Waals surface area contributed by atoms with Crippen molar-refractivity contribution in [2.45, 2.75) is 25.2 Å². The third-order valence-electron chi connectivity index (χ3n) is 3.52. The predicted molar refractivity (Wildman–Crippen MR) is 69.8 cm³/mol. The quantitative estimate of drug-likeness (QED) is 0.905. The summed E-state index contributed by atoms with van der Waals surface area (Å²) in [7, 11) is 1.98. The topological polar surface area (TPSA) is 55.1 Å². The number of hydrogen-bond acceptors (Lipinski definition) is 3. The van der Waals surface area contributed by atoms with Crippen LogP contribution in [0.3, 0.4) is 0 Å². The molecule has 0 saturated heterocycles. The number of carboxylic acids is 1. The molecular weight excluding hydrogens is 248 g/mol. The third kappa shape index (κ3) is 1.66. The molecule has 1 aliphatic rings. The van der Waals surface area contributed by atoms with Crippen LogP contribution in [0.4, 0.5) is 0 Å². The van der Waals surface area contributed by atoms with Crippen LogP contribution >= 0.6 is 11.3 Å². The molecule has 2 heterocycles. The lowest BCUT2D eigenvalue weighted by molar-refractivity contribution is -0.139. The van der Waals surface area contributed by atoms with Gasteiger partial charge in [0.1, 0.15) is 11.7 Å². The van der Waals surface area contributed by atoms with E-state index in [2.05, 4.69) is 9.55 Å². The molecule has 1 N–H and O–H groups in total. The van der Waals surface area contributed by atoms with E-state index >= 15 is 0 Å². The van der Waals surface area contributed by atoms with Crippen LogP contribution in [0.5, 0.6) is 0 Å². The van der Waals surface area contributed by atoms with Crippen molar-refractivity contribution < 1.29 is 9.90 Å². The summed E-state index contributed by atoms with van der Waals surface area (Å²) < 4.78 is 2.05. The number of nitrogens with zero attached hydrogens (tertiary/aromatic N) is 2. The van der Waals surface area contributed by atoms with Gasteiger partial charge in [-0.3, -0.25) is 4.79 Å². The van der Waals surface area contributed by atoms with Gasteiger partial charge in [-0.25, -0.2) is 4.98 Å². The minimum Gasteiger partial charge on any atom is -0.481 e. The average Bonchev–Trinajstić information content (AvgIpc) is 2.97. The Hall–Kier alpha value is -1.62. The van der Waals surface area contributed by atoms with E-state index in [1.807, 2.05) is 24.6 Å². The molecule has 18 heavy (non-hydrogen) atoms. The van der Waals surface area contributed by atoms with Crippen LogP contribution in [0.2, 0.25) is 0 Å². The van der Waals surface area contributed by atoms with Crippen molar-refractivity contribution in [2.24, 2.45) is 7.05 Å². The van der Waals surface area contributed by atoms with E-state index in [1.54, 1.807) is 11.3 Å². The molecule has 1 aliphatic carbocycles. The molecule has 94 valence electrons. The Balaban J connectivity index is 2.13. The van der Waals surface area contributed by atoms with Crippen LogP contribution in [0.25, 0.3) is 10.7 Å². The number of imidazole rings is 1. The van der Waals surface area contributed by atoms with Gasteiger partial charge < -0.3 is 9.67 Å². The molecule has 3 rings (SSSR count). The number of thiophene rings is 1. The molecule has 2 aromatic heterocycles. The van der Waals surface area contributed by atoms with Gasteiger partial charge in [-0.1, -0.05) is 6.07 Å². The Morgan fingerprint density at radius 2 is 2.44 bits per heavy atom. The van der Waals surface area contributed by atoms with Crippen molar-refractivity contribution in [3.63, 3.8) is 0 Å². The Kier molecular flexibility index (Phi) is 2.70. The van der Waals surface area contributed by atoms with Crippen LogP contribution in [0.15, 0.2) is 17.5 Å². The zero-order valence-electron chi connectivity index (χ0n) is 10.1. The van der Waals surface area contributed by atoms with Gasteiger partial charge in [-0.2, -0.15) is 0 Å². The van der Waals surface area contributed by atoms with Crippen LogP contribution in [0.1, 0.15) is 30.1 Å². The summed E-state index contributed by atoms with van der Waals surface area (Å²) in [5, 5.41) is 11.3. The van der Waals surface area contributed by atoms with Gasteiger partial charge in [0.05, 0.1) is 10.6 Å². The fourth-order valence-corrected chi connectivity index (χ4v) is 3.35. The van der Waals surface area contributed by atoms with Gasteiger partial charge in [-0.05, 0) is 30.7 Å².